The van der Waals surface area contributed by atoms with Gasteiger partial charge >= 0.3 is 5.69 Å². The first kappa shape index (κ1) is 19.1. The van der Waals surface area contributed by atoms with Crippen molar-refractivity contribution in [2.45, 2.75) is 6.54 Å². The zero-order valence-corrected chi connectivity index (χ0v) is 16.0. The van der Waals surface area contributed by atoms with Crippen molar-refractivity contribution in [2.75, 3.05) is 0 Å². The number of aryl methyl sites for hydroxylation is 1. The molecule has 30 heavy (non-hydrogen) atoms. The van der Waals surface area contributed by atoms with Crippen LogP contribution in [0.4, 0.5) is 0 Å². The molecule has 9 nitrogen and oxygen atoms in total. The van der Waals surface area contributed by atoms with Crippen LogP contribution in [0.25, 0.3) is 11.0 Å². The summed E-state index contributed by atoms with van der Waals surface area (Å²) >= 11 is 0. The molecule has 0 fully saturated rings. The number of hydrogen-bond acceptors (Lipinski definition) is 6. The number of nitrogens with zero attached hydrogens (tertiary/aromatic N) is 3. The minimum atomic E-state index is -0.589. The van der Waals surface area contributed by atoms with Gasteiger partial charge < -0.3 is 10.1 Å². The number of hydrogen-bond donors (Lipinski definition) is 2. The Labute approximate surface area is 170 Å². The summed E-state index contributed by atoms with van der Waals surface area (Å²) in [5, 5.41) is 2.91. The summed E-state index contributed by atoms with van der Waals surface area (Å²) in [6, 6.07) is 14.2. The molecular weight excluding hydrogens is 386 g/mol. The Morgan fingerprint density at radius 3 is 2.63 bits per heavy atom. The Kier molecular flexibility index (Phi) is 5.08. The van der Waals surface area contributed by atoms with Gasteiger partial charge in [0.1, 0.15) is 11.4 Å². The SMILES string of the molecule is Cn1c(=O)[nH]c(=O)c2cc(C(=O)NCc3ccc(Oc4ccccc4)nc3)cnc21. The number of amides is 1. The largest absolute Gasteiger partial charge is 0.439 e. The molecule has 2 N–H and O–H groups in total. The first-order valence-electron chi connectivity index (χ1n) is 9.06. The van der Waals surface area contributed by atoms with Crippen LogP contribution in [0.1, 0.15) is 15.9 Å². The molecule has 0 aliphatic rings. The van der Waals surface area contributed by atoms with Crippen LogP contribution in [-0.2, 0) is 13.6 Å². The zero-order valence-electron chi connectivity index (χ0n) is 16.0. The maximum absolute atomic E-state index is 12.5. The van der Waals surface area contributed by atoms with E-state index in [-0.39, 0.29) is 23.1 Å². The van der Waals surface area contributed by atoms with Crippen LogP contribution in [0.5, 0.6) is 11.6 Å². The van der Waals surface area contributed by atoms with Gasteiger partial charge in [-0.1, -0.05) is 24.3 Å². The summed E-state index contributed by atoms with van der Waals surface area (Å²) in [6.45, 7) is 0.235. The number of pyridine rings is 2. The van der Waals surface area contributed by atoms with E-state index < -0.39 is 17.2 Å². The van der Waals surface area contributed by atoms with Crippen LogP contribution in [-0.4, -0.2) is 25.4 Å². The van der Waals surface area contributed by atoms with Crippen molar-refractivity contribution < 1.29 is 9.53 Å². The zero-order chi connectivity index (χ0) is 21.1. The van der Waals surface area contributed by atoms with E-state index in [2.05, 4.69) is 20.3 Å². The number of carbonyl (C=O) groups excluding carboxylic acids is 1. The second-order valence-corrected chi connectivity index (χ2v) is 6.52. The highest BCUT2D eigenvalue weighted by atomic mass is 16.5. The number of aromatic nitrogens is 4. The molecule has 4 rings (SSSR count). The molecule has 1 aromatic carbocycles. The van der Waals surface area contributed by atoms with E-state index >= 15 is 0 Å². The highest BCUT2D eigenvalue weighted by Crippen LogP contribution is 2.18. The molecule has 3 aromatic heterocycles. The highest BCUT2D eigenvalue weighted by Gasteiger charge is 2.12. The van der Waals surface area contributed by atoms with Crippen molar-refractivity contribution in [1.82, 2.24) is 24.8 Å². The summed E-state index contributed by atoms with van der Waals surface area (Å²) < 4.78 is 6.85. The third kappa shape index (κ3) is 3.95. The quantitative estimate of drug-likeness (QED) is 0.524. The van der Waals surface area contributed by atoms with E-state index in [1.807, 2.05) is 30.3 Å². The Bertz CT molecular complexity index is 1330. The van der Waals surface area contributed by atoms with Gasteiger partial charge in [-0.25, -0.2) is 14.8 Å². The molecule has 1 amide bonds. The fourth-order valence-electron chi connectivity index (χ4n) is 2.83. The topological polar surface area (TPSA) is 119 Å². The summed E-state index contributed by atoms with van der Waals surface area (Å²) in [4.78, 5) is 46.6. The number of rotatable bonds is 5. The summed E-state index contributed by atoms with van der Waals surface area (Å²) in [5.41, 5.74) is 0.0396. The maximum Gasteiger partial charge on any atom is 0.329 e. The Morgan fingerprint density at radius 2 is 1.90 bits per heavy atom. The van der Waals surface area contributed by atoms with Gasteiger partial charge in [-0.3, -0.25) is 19.1 Å². The summed E-state index contributed by atoms with van der Waals surface area (Å²) in [5.74, 6) is 0.726. The number of fused-ring (bicyclic) bond motifs is 1. The standard InChI is InChI=1S/C21H17N5O4/c1-26-18-16(20(28)25-21(26)29)9-14(12-23-18)19(27)24-11-13-7-8-17(22-10-13)30-15-5-3-2-4-6-15/h2-10,12H,11H2,1H3,(H,24,27)(H,25,28,29). The molecule has 150 valence electrons. The van der Waals surface area contributed by atoms with Crippen molar-refractivity contribution in [2.24, 2.45) is 7.05 Å². The van der Waals surface area contributed by atoms with Crippen molar-refractivity contribution in [3.8, 4) is 11.6 Å². The van der Waals surface area contributed by atoms with E-state index in [0.717, 1.165) is 5.56 Å². The molecule has 0 spiro atoms. The lowest BCUT2D eigenvalue weighted by molar-refractivity contribution is 0.0950. The van der Waals surface area contributed by atoms with Crippen molar-refractivity contribution in [3.63, 3.8) is 0 Å². The molecule has 0 unspecified atom stereocenters. The second kappa shape index (κ2) is 8.00. The van der Waals surface area contributed by atoms with E-state index in [4.69, 9.17) is 4.74 Å². The number of para-hydroxylation sites is 1. The molecule has 9 heteroatoms. The van der Waals surface area contributed by atoms with Crippen LogP contribution in [0.2, 0.25) is 0 Å². The second-order valence-electron chi connectivity index (χ2n) is 6.52. The minimum Gasteiger partial charge on any atom is -0.439 e. The van der Waals surface area contributed by atoms with Gasteiger partial charge in [0.15, 0.2) is 0 Å². The number of ether oxygens (including phenoxy) is 1. The molecular formula is C21H17N5O4. The van der Waals surface area contributed by atoms with Gasteiger partial charge in [-0.15, -0.1) is 0 Å². The molecule has 0 bridgehead atoms. The van der Waals surface area contributed by atoms with Gasteiger partial charge in [0.2, 0.25) is 5.88 Å². The molecule has 4 aromatic rings. The number of nitrogens with one attached hydrogen (secondary N) is 2. The normalized spacial score (nSPS) is 10.7. The summed E-state index contributed by atoms with van der Waals surface area (Å²) in [6.07, 6.45) is 2.93. The molecule has 3 heterocycles. The van der Waals surface area contributed by atoms with Gasteiger partial charge in [0.05, 0.1) is 10.9 Å². The van der Waals surface area contributed by atoms with Crippen LogP contribution < -0.4 is 21.3 Å². The average Bonchev–Trinajstić information content (AvgIpc) is 2.77. The predicted octanol–water partition coefficient (Wildman–Crippen LogP) is 1.74. The minimum absolute atomic E-state index is 0.161. The molecule has 0 radical (unpaired) electrons. The van der Waals surface area contributed by atoms with Gasteiger partial charge in [0, 0.05) is 32.1 Å². The number of aromatic amines is 1. The Hall–Kier alpha value is -4.27. The first-order valence-corrected chi connectivity index (χ1v) is 9.06. The lowest BCUT2D eigenvalue weighted by Gasteiger charge is -2.08. The van der Waals surface area contributed by atoms with E-state index in [1.54, 1.807) is 18.3 Å². The predicted molar refractivity (Wildman–Crippen MR) is 110 cm³/mol. The van der Waals surface area contributed by atoms with Gasteiger partial charge in [-0.2, -0.15) is 0 Å². The van der Waals surface area contributed by atoms with E-state index in [9.17, 15) is 14.4 Å². The van der Waals surface area contributed by atoms with Crippen LogP contribution in [0, 0.1) is 0 Å². The summed E-state index contributed by atoms with van der Waals surface area (Å²) in [7, 11) is 1.49. The molecule has 0 aliphatic carbocycles. The van der Waals surface area contributed by atoms with E-state index in [0.29, 0.717) is 11.6 Å². The average molecular weight is 403 g/mol. The van der Waals surface area contributed by atoms with E-state index in [1.165, 1.54) is 23.9 Å². The van der Waals surface area contributed by atoms with Crippen LogP contribution in [0.15, 0.2) is 70.5 Å². The molecule has 0 atom stereocenters. The monoisotopic (exact) mass is 403 g/mol. The van der Waals surface area contributed by atoms with Crippen LogP contribution >= 0.6 is 0 Å². The number of benzene rings is 1. The fraction of sp³-hybridized carbons (Fsp3) is 0.0952. The lowest BCUT2D eigenvalue weighted by Crippen LogP contribution is -2.29. The Balaban J connectivity index is 1.44. The van der Waals surface area contributed by atoms with Gasteiger partial charge in [-0.05, 0) is 23.8 Å². The smallest absolute Gasteiger partial charge is 0.329 e. The molecule has 0 saturated carbocycles. The van der Waals surface area contributed by atoms with Crippen molar-refractivity contribution >= 4 is 16.9 Å². The third-order valence-electron chi connectivity index (χ3n) is 4.43. The van der Waals surface area contributed by atoms with Crippen molar-refractivity contribution in [1.29, 1.82) is 0 Å². The maximum atomic E-state index is 12.5. The fourth-order valence-corrected chi connectivity index (χ4v) is 2.83. The first-order chi connectivity index (χ1) is 14.5. The Morgan fingerprint density at radius 1 is 1.10 bits per heavy atom. The number of carbonyl (C=O) groups is 1. The number of H-pyrrole nitrogens is 1. The highest BCUT2D eigenvalue weighted by molar-refractivity contribution is 5.96. The van der Waals surface area contributed by atoms with Crippen molar-refractivity contribution in [3.05, 3.63) is 92.9 Å². The molecule has 0 aliphatic heterocycles. The third-order valence-corrected chi connectivity index (χ3v) is 4.43. The molecule has 0 saturated heterocycles. The van der Waals surface area contributed by atoms with Crippen LogP contribution in [0.3, 0.4) is 0 Å². The lowest BCUT2D eigenvalue weighted by atomic mass is 10.2. The van der Waals surface area contributed by atoms with Gasteiger partial charge in [0.25, 0.3) is 11.5 Å².